The van der Waals surface area contributed by atoms with Gasteiger partial charge in [0.25, 0.3) is 5.91 Å². The average Bonchev–Trinajstić information content (AvgIpc) is 3.37. The summed E-state index contributed by atoms with van der Waals surface area (Å²) in [6.07, 6.45) is 2.02. The maximum absolute atomic E-state index is 14.6. The molecular weight excluding hydrogens is 484 g/mol. The van der Waals surface area contributed by atoms with E-state index in [4.69, 9.17) is 14.5 Å². The molecule has 0 saturated heterocycles. The molecule has 2 aliphatic heterocycles. The van der Waals surface area contributed by atoms with Crippen LogP contribution in [0.4, 0.5) is 5.69 Å². The van der Waals surface area contributed by atoms with Crippen molar-refractivity contribution in [3.05, 3.63) is 131 Å². The highest BCUT2D eigenvalue weighted by Crippen LogP contribution is 2.50. The van der Waals surface area contributed by atoms with Gasteiger partial charge < -0.3 is 14.4 Å². The molecule has 1 amide bonds. The van der Waals surface area contributed by atoms with Gasteiger partial charge in [0.05, 0.1) is 18.8 Å². The number of carbonyl (C=O) groups excluding carboxylic acids is 1. The Bertz CT molecular complexity index is 1470. The quantitative estimate of drug-likeness (QED) is 0.227. The lowest BCUT2D eigenvalue weighted by molar-refractivity contribution is -0.127. The fourth-order valence-corrected chi connectivity index (χ4v) is 5.45. The first-order valence-electron chi connectivity index (χ1n) is 13.7. The predicted octanol–water partition coefficient (Wildman–Crippen LogP) is 6.91. The smallest absolute Gasteiger partial charge is 0.259 e. The van der Waals surface area contributed by atoms with Crippen molar-refractivity contribution in [2.45, 2.75) is 44.4 Å². The molecule has 39 heavy (non-hydrogen) atoms. The summed E-state index contributed by atoms with van der Waals surface area (Å²) >= 11 is 0. The average molecular weight is 517 g/mol. The monoisotopic (exact) mass is 516 g/mol. The van der Waals surface area contributed by atoms with Crippen molar-refractivity contribution in [2.24, 2.45) is 4.99 Å². The zero-order chi connectivity index (χ0) is 26.7. The number of aliphatic imine (C=N–C) groups is 1. The molecule has 5 nitrogen and oxygen atoms in total. The van der Waals surface area contributed by atoms with Crippen LogP contribution in [0.15, 0.2) is 114 Å². The lowest BCUT2D eigenvalue weighted by Crippen LogP contribution is -2.55. The Morgan fingerprint density at radius 2 is 1.51 bits per heavy atom. The van der Waals surface area contributed by atoms with Crippen molar-refractivity contribution < 1.29 is 14.3 Å². The zero-order valence-electron chi connectivity index (χ0n) is 22.1. The van der Waals surface area contributed by atoms with E-state index in [1.165, 1.54) is 0 Å². The highest BCUT2D eigenvalue weighted by atomic mass is 16.5. The minimum Gasteiger partial charge on any atom is -0.494 e. The maximum Gasteiger partial charge on any atom is 0.259 e. The third-order valence-corrected chi connectivity index (χ3v) is 7.46. The largest absolute Gasteiger partial charge is 0.494 e. The van der Waals surface area contributed by atoms with Crippen molar-refractivity contribution in [3.63, 3.8) is 0 Å². The van der Waals surface area contributed by atoms with Gasteiger partial charge in [-0.25, -0.2) is 4.99 Å². The van der Waals surface area contributed by atoms with Gasteiger partial charge in [-0.2, -0.15) is 0 Å². The number of amides is 1. The normalized spacial score (nSPS) is 19.6. The SMILES string of the molecule is CCCCOc1ccc(C2=N[C@@]3(Cc4ccccc4)C(=O)N(Cc4ccccc4)c4ccccc4[C@H]3O2)cc1. The van der Waals surface area contributed by atoms with Gasteiger partial charge in [-0.15, -0.1) is 0 Å². The Hall–Kier alpha value is -4.38. The molecule has 0 radical (unpaired) electrons. The highest BCUT2D eigenvalue weighted by Gasteiger charge is 2.58. The van der Waals surface area contributed by atoms with Crippen LogP contribution in [-0.2, 0) is 22.5 Å². The number of para-hydroxylation sites is 1. The molecule has 0 fully saturated rings. The molecule has 0 spiro atoms. The molecule has 0 unspecified atom stereocenters. The van der Waals surface area contributed by atoms with Crippen LogP contribution >= 0.6 is 0 Å². The molecule has 2 atom stereocenters. The van der Waals surface area contributed by atoms with Crippen molar-refractivity contribution in [3.8, 4) is 5.75 Å². The molecule has 4 aromatic carbocycles. The first-order valence-corrected chi connectivity index (χ1v) is 13.7. The first-order chi connectivity index (χ1) is 19.2. The van der Waals surface area contributed by atoms with E-state index in [1.54, 1.807) is 0 Å². The Balaban J connectivity index is 1.42. The highest BCUT2D eigenvalue weighted by molar-refractivity contribution is 6.09. The van der Waals surface area contributed by atoms with Gasteiger partial charge in [-0.05, 0) is 47.9 Å². The second-order valence-electron chi connectivity index (χ2n) is 10.2. The number of ether oxygens (including phenoxy) is 2. The standard InChI is InChI=1S/C34H32N2O3/c1-2-3-22-38-28-20-18-27(19-21-28)32-35-34(23-25-12-6-4-7-13-25)31(39-32)29-16-10-11-17-30(29)36(33(34)37)24-26-14-8-5-9-15-26/h4-21,31H,2-3,22-24H2,1H3/t31-,34-/m1/s1. The van der Waals surface area contributed by atoms with E-state index >= 15 is 0 Å². The summed E-state index contributed by atoms with van der Waals surface area (Å²) in [7, 11) is 0. The fourth-order valence-electron chi connectivity index (χ4n) is 5.45. The molecule has 2 aliphatic rings. The van der Waals surface area contributed by atoms with Crippen molar-refractivity contribution in [1.29, 1.82) is 0 Å². The lowest BCUT2D eigenvalue weighted by atomic mass is 9.78. The molecule has 5 heteroatoms. The second-order valence-corrected chi connectivity index (χ2v) is 10.2. The van der Waals surface area contributed by atoms with Crippen LogP contribution in [0.3, 0.4) is 0 Å². The van der Waals surface area contributed by atoms with Crippen molar-refractivity contribution >= 4 is 17.5 Å². The Morgan fingerprint density at radius 1 is 0.846 bits per heavy atom. The van der Waals surface area contributed by atoms with Gasteiger partial charge in [0.15, 0.2) is 11.6 Å². The van der Waals surface area contributed by atoms with Crippen LogP contribution in [0.1, 0.15) is 48.1 Å². The number of hydrogen-bond acceptors (Lipinski definition) is 4. The molecular formula is C34H32N2O3. The van der Waals surface area contributed by atoms with Crippen LogP contribution in [0.5, 0.6) is 5.75 Å². The topological polar surface area (TPSA) is 51.1 Å². The number of rotatable bonds is 9. The van der Waals surface area contributed by atoms with E-state index in [2.05, 4.69) is 37.3 Å². The molecule has 0 N–H and O–H groups in total. The predicted molar refractivity (Wildman–Crippen MR) is 154 cm³/mol. The van der Waals surface area contributed by atoms with E-state index in [0.29, 0.717) is 25.5 Å². The molecule has 4 aromatic rings. The minimum atomic E-state index is -1.11. The summed E-state index contributed by atoms with van der Waals surface area (Å²) in [6, 6.07) is 36.1. The molecule has 0 saturated carbocycles. The summed E-state index contributed by atoms with van der Waals surface area (Å²) in [5.41, 5.74) is 3.67. The summed E-state index contributed by atoms with van der Waals surface area (Å²) < 4.78 is 12.5. The Kier molecular flexibility index (Phi) is 6.89. The number of fused-ring (bicyclic) bond motifs is 3. The van der Waals surface area contributed by atoms with E-state index in [1.807, 2.05) is 83.8 Å². The van der Waals surface area contributed by atoms with Gasteiger partial charge in [-0.3, -0.25) is 4.79 Å². The number of hydrogen-bond donors (Lipinski definition) is 0. The van der Waals surface area contributed by atoms with E-state index in [-0.39, 0.29) is 5.91 Å². The van der Waals surface area contributed by atoms with Crippen LogP contribution in [0.2, 0.25) is 0 Å². The van der Waals surface area contributed by atoms with Crippen LogP contribution < -0.4 is 9.64 Å². The van der Waals surface area contributed by atoms with Gasteiger partial charge in [0.1, 0.15) is 5.75 Å². The summed E-state index contributed by atoms with van der Waals surface area (Å²) in [5, 5.41) is 0. The van der Waals surface area contributed by atoms with E-state index in [9.17, 15) is 4.79 Å². The maximum atomic E-state index is 14.6. The number of anilines is 1. The lowest BCUT2D eigenvalue weighted by Gasteiger charge is -2.41. The molecule has 6 rings (SSSR count). The van der Waals surface area contributed by atoms with Gasteiger partial charge in [0.2, 0.25) is 5.90 Å². The Morgan fingerprint density at radius 3 is 2.23 bits per heavy atom. The number of unbranched alkanes of at least 4 members (excludes halogenated alkanes) is 1. The van der Waals surface area contributed by atoms with E-state index < -0.39 is 11.6 Å². The fraction of sp³-hybridized carbons (Fsp3) is 0.235. The van der Waals surface area contributed by atoms with Crippen molar-refractivity contribution in [1.82, 2.24) is 0 Å². The number of benzene rings is 4. The molecule has 196 valence electrons. The second kappa shape index (κ2) is 10.8. The number of nitrogens with zero attached hydrogens (tertiary/aromatic N) is 2. The third kappa shape index (κ3) is 4.81. The van der Waals surface area contributed by atoms with Crippen LogP contribution in [0.25, 0.3) is 0 Å². The molecule has 0 aliphatic carbocycles. The van der Waals surface area contributed by atoms with Crippen LogP contribution in [0, 0.1) is 0 Å². The molecule has 0 aromatic heterocycles. The zero-order valence-corrected chi connectivity index (χ0v) is 22.1. The summed E-state index contributed by atoms with van der Waals surface area (Å²) in [5.74, 6) is 1.26. The number of carbonyl (C=O) groups is 1. The summed E-state index contributed by atoms with van der Waals surface area (Å²) in [4.78, 5) is 21.6. The summed E-state index contributed by atoms with van der Waals surface area (Å²) in [6.45, 7) is 3.31. The molecule has 0 bridgehead atoms. The van der Waals surface area contributed by atoms with Gasteiger partial charge >= 0.3 is 0 Å². The van der Waals surface area contributed by atoms with Gasteiger partial charge in [-0.1, -0.05) is 92.2 Å². The molecule has 2 heterocycles. The first kappa shape index (κ1) is 24.9. The Labute approximate surface area is 229 Å². The third-order valence-electron chi connectivity index (χ3n) is 7.46. The van der Waals surface area contributed by atoms with Gasteiger partial charge in [0, 0.05) is 17.5 Å². The van der Waals surface area contributed by atoms with Crippen molar-refractivity contribution in [2.75, 3.05) is 11.5 Å². The van der Waals surface area contributed by atoms with Crippen LogP contribution in [-0.4, -0.2) is 24.0 Å². The van der Waals surface area contributed by atoms with E-state index in [0.717, 1.165) is 46.5 Å². The minimum absolute atomic E-state index is 0.0478.